The van der Waals surface area contributed by atoms with Gasteiger partial charge in [0.1, 0.15) is 24.3 Å². The molecule has 3 N–H and O–H groups in total. The molecule has 3 heterocycles. The Bertz CT molecular complexity index is 1400. The maximum Gasteiger partial charge on any atom is 0.128 e. The molecule has 0 unspecified atom stereocenters. The molecule has 1 aliphatic carbocycles. The minimum absolute atomic E-state index is 0.300. The number of nitrogens with one attached hydrogen (secondary N) is 1. The molecule has 4 aromatic rings. The van der Waals surface area contributed by atoms with Crippen molar-refractivity contribution >= 4 is 10.9 Å². The van der Waals surface area contributed by atoms with Gasteiger partial charge in [0.2, 0.25) is 0 Å². The van der Waals surface area contributed by atoms with Crippen molar-refractivity contribution in [3.8, 4) is 17.0 Å². The van der Waals surface area contributed by atoms with E-state index in [-0.39, 0.29) is 5.92 Å². The van der Waals surface area contributed by atoms with Crippen molar-refractivity contribution in [2.75, 3.05) is 6.54 Å². The first kappa shape index (κ1) is 22.1. The van der Waals surface area contributed by atoms with Crippen molar-refractivity contribution in [2.24, 2.45) is 7.05 Å². The Morgan fingerprint density at radius 2 is 2.03 bits per heavy atom. The number of nitrogens with zero attached hydrogens (tertiary/aromatic N) is 5. The second kappa shape index (κ2) is 8.67. The van der Waals surface area contributed by atoms with Gasteiger partial charge in [0.15, 0.2) is 0 Å². The monoisotopic (exact) mass is 472 g/mol. The minimum Gasteiger partial charge on any atom is -0.487 e. The number of fused-ring (bicyclic) bond motifs is 2. The van der Waals surface area contributed by atoms with Crippen LogP contribution in [-0.2, 0) is 20.0 Å². The van der Waals surface area contributed by atoms with Gasteiger partial charge >= 0.3 is 0 Å². The first-order valence-electron chi connectivity index (χ1n) is 12.0. The fourth-order valence-corrected chi connectivity index (χ4v) is 5.49. The summed E-state index contributed by atoms with van der Waals surface area (Å²) in [7, 11) is 1.86. The number of para-hydroxylation sites is 1. The number of aliphatic hydroxyl groups excluding tert-OH is 2. The van der Waals surface area contributed by atoms with Crippen LogP contribution in [-0.4, -0.2) is 60.0 Å². The van der Waals surface area contributed by atoms with E-state index in [2.05, 4.69) is 31.7 Å². The summed E-state index contributed by atoms with van der Waals surface area (Å²) in [5.41, 5.74) is 6.77. The molecule has 1 saturated carbocycles. The zero-order valence-corrected chi connectivity index (χ0v) is 19.7. The number of ether oxygens (including phenoxy) is 1. The van der Waals surface area contributed by atoms with Crippen LogP contribution in [0.15, 0.2) is 42.9 Å². The van der Waals surface area contributed by atoms with Crippen LogP contribution in [0.1, 0.15) is 34.7 Å². The van der Waals surface area contributed by atoms with E-state index in [9.17, 15) is 10.2 Å². The molecule has 0 radical (unpaired) electrons. The number of benzene rings is 2. The highest BCUT2D eigenvalue weighted by atomic mass is 16.5. The maximum absolute atomic E-state index is 11.1. The van der Waals surface area contributed by atoms with Gasteiger partial charge in [0, 0.05) is 41.7 Å². The molecule has 2 aromatic heterocycles. The molecule has 2 aliphatic rings. The summed E-state index contributed by atoms with van der Waals surface area (Å²) in [6.07, 6.45) is 2.11. The molecule has 2 aromatic carbocycles. The predicted molar refractivity (Wildman–Crippen MR) is 130 cm³/mol. The lowest BCUT2D eigenvalue weighted by Crippen LogP contribution is -2.34. The van der Waals surface area contributed by atoms with Crippen LogP contribution in [0, 0.1) is 6.92 Å². The van der Waals surface area contributed by atoms with Crippen LogP contribution in [0.25, 0.3) is 22.2 Å². The van der Waals surface area contributed by atoms with Gasteiger partial charge < -0.3 is 20.3 Å². The highest BCUT2D eigenvalue weighted by Crippen LogP contribution is 2.41. The summed E-state index contributed by atoms with van der Waals surface area (Å²) in [6, 6.07) is 10.1. The molecular formula is C26H28N6O3. The van der Waals surface area contributed by atoms with Crippen molar-refractivity contribution in [3.63, 3.8) is 0 Å². The summed E-state index contributed by atoms with van der Waals surface area (Å²) >= 11 is 0. The Labute approximate surface area is 202 Å². The van der Waals surface area contributed by atoms with Crippen molar-refractivity contribution < 1.29 is 14.9 Å². The van der Waals surface area contributed by atoms with Gasteiger partial charge in [0.05, 0.1) is 23.5 Å². The van der Waals surface area contributed by atoms with Crippen molar-refractivity contribution in [1.82, 2.24) is 30.3 Å². The molecule has 0 saturated heterocycles. The molecular weight excluding hydrogens is 444 g/mol. The van der Waals surface area contributed by atoms with Gasteiger partial charge in [-0.3, -0.25) is 0 Å². The van der Waals surface area contributed by atoms with E-state index in [1.54, 1.807) is 17.2 Å². The second-order valence-corrected chi connectivity index (χ2v) is 9.46. The topological polar surface area (TPSA) is 118 Å². The number of rotatable bonds is 4. The van der Waals surface area contributed by atoms with Crippen LogP contribution < -0.4 is 10.1 Å². The predicted octanol–water partition coefficient (Wildman–Crippen LogP) is 2.04. The molecule has 0 bridgehead atoms. The fourth-order valence-electron chi connectivity index (χ4n) is 5.49. The summed E-state index contributed by atoms with van der Waals surface area (Å²) in [5, 5.41) is 34.5. The van der Waals surface area contributed by atoms with Crippen LogP contribution in [0.5, 0.6) is 5.75 Å². The molecule has 9 nitrogen and oxygen atoms in total. The molecule has 1 fully saturated rings. The molecule has 180 valence electrons. The van der Waals surface area contributed by atoms with Crippen LogP contribution in [0.3, 0.4) is 0 Å². The zero-order valence-electron chi connectivity index (χ0n) is 19.7. The van der Waals surface area contributed by atoms with E-state index in [1.807, 2.05) is 38.2 Å². The number of aliphatic hydroxyl groups is 2. The van der Waals surface area contributed by atoms with Crippen molar-refractivity contribution in [1.29, 1.82) is 0 Å². The normalized spacial score (nSPS) is 24.0. The van der Waals surface area contributed by atoms with Crippen molar-refractivity contribution in [2.45, 2.75) is 50.5 Å². The Hall–Kier alpha value is -3.40. The van der Waals surface area contributed by atoms with Gasteiger partial charge in [-0.15, -0.1) is 5.10 Å². The quantitative estimate of drug-likeness (QED) is 0.413. The second-order valence-electron chi connectivity index (χ2n) is 9.46. The SMILES string of the molecule is Cc1ncnc2c([C@@H]3C[C@H](Oc4cc(-c5cnnn5C)cc5c4CNCC5)[C@@H](O)[C@H]3O)cccc12. The average Bonchev–Trinajstić information content (AvgIpc) is 3.42. The van der Waals surface area contributed by atoms with Gasteiger partial charge in [-0.1, -0.05) is 23.4 Å². The lowest BCUT2D eigenvalue weighted by Gasteiger charge is -2.25. The number of hydrogen-bond acceptors (Lipinski definition) is 8. The molecule has 0 amide bonds. The minimum atomic E-state index is -1.02. The number of aromatic nitrogens is 5. The van der Waals surface area contributed by atoms with Crippen LogP contribution >= 0.6 is 0 Å². The summed E-state index contributed by atoms with van der Waals surface area (Å²) in [6.45, 7) is 3.54. The Balaban J connectivity index is 1.35. The Morgan fingerprint density at radius 3 is 2.86 bits per heavy atom. The van der Waals surface area contributed by atoms with E-state index in [0.29, 0.717) is 13.0 Å². The zero-order chi connectivity index (χ0) is 24.1. The first-order valence-corrected chi connectivity index (χ1v) is 12.0. The molecule has 6 rings (SSSR count). The third-order valence-corrected chi connectivity index (χ3v) is 7.39. The van der Waals surface area contributed by atoms with Gasteiger partial charge in [-0.2, -0.15) is 0 Å². The van der Waals surface area contributed by atoms with E-state index in [0.717, 1.165) is 57.7 Å². The number of aryl methyl sites for hydroxylation is 2. The van der Waals surface area contributed by atoms with Crippen LogP contribution in [0.2, 0.25) is 0 Å². The molecule has 0 spiro atoms. The maximum atomic E-state index is 11.1. The smallest absolute Gasteiger partial charge is 0.128 e. The lowest BCUT2D eigenvalue weighted by atomic mass is 9.93. The Morgan fingerprint density at radius 1 is 1.14 bits per heavy atom. The summed E-state index contributed by atoms with van der Waals surface area (Å²) < 4.78 is 8.23. The molecule has 1 aliphatic heterocycles. The van der Waals surface area contributed by atoms with Crippen molar-refractivity contribution in [3.05, 3.63) is 65.2 Å². The van der Waals surface area contributed by atoms with E-state index < -0.39 is 18.3 Å². The van der Waals surface area contributed by atoms with Gasteiger partial charge in [-0.25, -0.2) is 14.6 Å². The van der Waals surface area contributed by atoms with E-state index in [4.69, 9.17) is 4.74 Å². The standard InChI is InChI=1S/C26H28N6O3/c1-14-17-4-3-5-18(24(17)29-13-28-14)19-10-23(26(34)25(19)33)35-22-9-16(21-12-30-31-32(21)2)8-15-6-7-27-11-20(15)22/h3-5,8-9,12-13,19,23,25-27,33-34H,6-7,10-11H2,1-2H3/t19-,23-,25-,26+/m0/s1. The fraction of sp³-hybridized carbons (Fsp3) is 0.385. The molecule has 4 atom stereocenters. The largest absolute Gasteiger partial charge is 0.487 e. The van der Waals surface area contributed by atoms with E-state index >= 15 is 0 Å². The highest BCUT2D eigenvalue weighted by Gasteiger charge is 2.44. The molecule has 35 heavy (non-hydrogen) atoms. The lowest BCUT2D eigenvalue weighted by molar-refractivity contribution is -0.0122. The van der Waals surface area contributed by atoms with Crippen LogP contribution in [0.4, 0.5) is 0 Å². The van der Waals surface area contributed by atoms with Gasteiger partial charge in [-0.05, 0) is 49.6 Å². The van der Waals surface area contributed by atoms with Gasteiger partial charge in [0.25, 0.3) is 0 Å². The Kier molecular flexibility index (Phi) is 5.47. The summed E-state index contributed by atoms with van der Waals surface area (Å²) in [5.74, 6) is 0.422. The first-order chi connectivity index (χ1) is 17.0. The number of hydrogen-bond donors (Lipinski definition) is 3. The highest BCUT2D eigenvalue weighted by molar-refractivity contribution is 5.84. The third-order valence-electron chi connectivity index (χ3n) is 7.39. The average molecular weight is 473 g/mol. The molecule has 9 heteroatoms. The summed E-state index contributed by atoms with van der Waals surface area (Å²) in [4.78, 5) is 8.79. The third kappa shape index (κ3) is 3.76. The van der Waals surface area contributed by atoms with E-state index in [1.165, 1.54) is 5.56 Å².